The summed E-state index contributed by atoms with van der Waals surface area (Å²) in [5.41, 5.74) is 0.730. The van der Waals surface area contributed by atoms with E-state index in [4.69, 9.17) is 9.15 Å². The first-order valence-electron chi connectivity index (χ1n) is 5.84. The highest BCUT2D eigenvalue weighted by atomic mass is 79.9. The van der Waals surface area contributed by atoms with Gasteiger partial charge in [-0.2, -0.15) is 0 Å². The normalized spacial score (nSPS) is 10.3. The van der Waals surface area contributed by atoms with Gasteiger partial charge in [0, 0.05) is 4.88 Å². The number of nitrogens with one attached hydrogen (secondary N) is 1. The molecule has 0 spiro atoms. The van der Waals surface area contributed by atoms with Gasteiger partial charge in [0.25, 0.3) is 5.91 Å². The number of carbonyl (C=O) groups is 2. The topological polar surface area (TPSA) is 68.5 Å². The predicted octanol–water partition coefficient (Wildman–Crippen LogP) is 3.84. The Morgan fingerprint density at radius 2 is 2.20 bits per heavy atom. The van der Waals surface area contributed by atoms with E-state index in [1.54, 1.807) is 19.1 Å². The Morgan fingerprint density at radius 3 is 2.80 bits per heavy atom. The Balaban J connectivity index is 2.23. The van der Waals surface area contributed by atoms with Gasteiger partial charge in [-0.3, -0.25) is 4.79 Å². The number of anilines is 1. The maximum Gasteiger partial charge on any atom is 0.341 e. The molecule has 0 aliphatic carbocycles. The van der Waals surface area contributed by atoms with Gasteiger partial charge >= 0.3 is 5.97 Å². The standard InChI is InChI=1S/C13H12BrNO4S/c1-3-18-13(17)9-6-7(2)20-12(9)15-11(16)8-4-5-19-10(8)14/h4-6H,3H2,1-2H3,(H,15,16). The Labute approximate surface area is 128 Å². The van der Waals surface area contributed by atoms with Crippen molar-refractivity contribution in [3.8, 4) is 0 Å². The third kappa shape index (κ3) is 3.10. The van der Waals surface area contributed by atoms with Crippen molar-refractivity contribution < 1.29 is 18.7 Å². The van der Waals surface area contributed by atoms with Crippen LogP contribution in [0.15, 0.2) is 27.5 Å². The maximum absolute atomic E-state index is 12.1. The van der Waals surface area contributed by atoms with Gasteiger partial charge in [0.2, 0.25) is 0 Å². The molecule has 2 aromatic heterocycles. The molecular weight excluding hydrogens is 346 g/mol. The molecule has 20 heavy (non-hydrogen) atoms. The van der Waals surface area contributed by atoms with Crippen LogP contribution in [0.25, 0.3) is 0 Å². The molecule has 2 rings (SSSR count). The lowest BCUT2D eigenvalue weighted by molar-refractivity contribution is 0.0528. The third-order valence-corrected chi connectivity index (χ3v) is 4.02. The number of hydrogen-bond acceptors (Lipinski definition) is 5. The summed E-state index contributed by atoms with van der Waals surface area (Å²) >= 11 is 4.46. The maximum atomic E-state index is 12.1. The highest BCUT2D eigenvalue weighted by Gasteiger charge is 2.20. The van der Waals surface area contributed by atoms with Gasteiger partial charge in [-0.05, 0) is 41.9 Å². The lowest BCUT2D eigenvalue weighted by Crippen LogP contribution is -2.14. The first kappa shape index (κ1) is 14.8. The van der Waals surface area contributed by atoms with Crippen LogP contribution >= 0.6 is 27.3 Å². The lowest BCUT2D eigenvalue weighted by Gasteiger charge is -2.05. The molecule has 0 aliphatic heterocycles. The van der Waals surface area contributed by atoms with Gasteiger partial charge < -0.3 is 14.5 Å². The van der Waals surface area contributed by atoms with Crippen LogP contribution < -0.4 is 5.32 Å². The number of ether oxygens (including phenoxy) is 1. The molecule has 0 saturated carbocycles. The van der Waals surface area contributed by atoms with Crippen LogP contribution in [-0.2, 0) is 4.74 Å². The zero-order chi connectivity index (χ0) is 14.7. The van der Waals surface area contributed by atoms with E-state index < -0.39 is 5.97 Å². The number of amides is 1. The molecule has 0 atom stereocenters. The molecule has 0 radical (unpaired) electrons. The number of thiophene rings is 1. The van der Waals surface area contributed by atoms with E-state index in [9.17, 15) is 9.59 Å². The average Bonchev–Trinajstić information content (AvgIpc) is 2.96. The van der Waals surface area contributed by atoms with Crippen LogP contribution in [0.3, 0.4) is 0 Å². The van der Waals surface area contributed by atoms with Crippen molar-refractivity contribution in [1.82, 2.24) is 0 Å². The van der Waals surface area contributed by atoms with Crippen LogP contribution in [-0.4, -0.2) is 18.5 Å². The Hall–Kier alpha value is -1.60. The first-order chi connectivity index (χ1) is 9.52. The summed E-state index contributed by atoms with van der Waals surface area (Å²) in [7, 11) is 0. The van der Waals surface area contributed by atoms with Gasteiger partial charge in [-0.1, -0.05) is 0 Å². The highest BCUT2D eigenvalue weighted by molar-refractivity contribution is 9.10. The molecule has 2 aromatic rings. The Morgan fingerprint density at radius 1 is 1.45 bits per heavy atom. The molecule has 0 unspecified atom stereocenters. The van der Waals surface area contributed by atoms with Crippen LogP contribution in [0.5, 0.6) is 0 Å². The molecule has 0 aliphatic rings. The van der Waals surface area contributed by atoms with Crippen molar-refractivity contribution in [2.75, 3.05) is 11.9 Å². The monoisotopic (exact) mass is 357 g/mol. The average molecular weight is 358 g/mol. The number of esters is 1. The summed E-state index contributed by atoms with van der Waals surface area (Å²) in [5, 5.41) is 3.17. The van der Waals surface area contributed by atoms with Crippen molar-refractivity contribution in [1.29, 1.82) is 0 Å². The molecule has 2 heterocycles. The van der Waals surface area contributed by atoms with Crippen LogP contribution in [0.1, 0.15) is 32.5 Å². The fourth-order valence-corrected chi connectivity index (χ4v) is 2.91. The molecule has 7 heteroatoms. The summed E-state index contributed by atoms with van der Waals surface area (Å²) < 4.78 is 10.3. The van der Waals surface area contributed by atoms with Gasteiger partial charge in [-0.15, -0.1) is 11.3 Å². The molecule has 5 nitrogen and oxygen atoms in total. The van der Waals surface area contributed by atoms with Gasteiger partial charge in [0.1, 0.15) is 5.00 Å². The summed E-state index contributed by atoms with van der Waals surface area (Å²) in [6.45, 7) is 3.88. The summed E-state index contributed by atoms with van der Waals surface area (Å²) in [6.07, 6.45) is 1.41. The van der Waals surface area contributed by atoms with Crippen molar-refractivity contribution in [3.05, 3.63) is 39.1 Å². The number of halogens is 1. The van der Waals surface area contributed by atoms with Crippen molar-refractivity contribution in [2.45, 2.75) is 13.8 Å². The quantitative estimate of drug-likeness (QED) is 0.844. The van der Waals surface area contributed by atoms with Crippen LogP contribution in [0, 0.1) is 6.92 Å². The second-order valence-electron chi connectivity index (χ2n) is 3.88. The number of aryl methyl sites for hydroxylation is 1. The van der Waals surface area contributed by atoms with E-state index in [1.165, 1.54) is 17.6 Å². The molecule has 0 bridgehead atoms. The zero-order valence-electron chi connectivity index (χ0n) is 10.9. The fraction of sp³-hybridized carbons (Fsp3) is 0.231. The summed E-state index contributed by atoms with van der Waals surface area (Å²) in [4.78, 5) is 24.8. The highest BCUT2D eigenvalue weighted by Crippen LogP contribution is 2.29. The van der Waals surface area contributed by atoms with Crippen molar-refractivity contribution >= 4 is 44.1 Å². The minimum absolute atomic E-state index is 0.286. The van der Waals surface area contributed by atoms with E-state index in [0.29, 0.717) is 20.8 Å². The molecule has 1 amide bonds. The van der Waals surface area contributed by atoms with E-state index in [0.717, 1.165) is 4.88 Å². The third-order valence-electron chi connectivity index (χ3n) is 2.44. The van der Waals surface area contributed by atoms with E-state index in [1.807, 2.05) is 6.92 Å². The van der Waals surface area contributed by atoms with Gasteiger partial charge in [0.05, 0.1) is 24.0 Å². The number of furan rings is 1. The first-order valence-corrected chi connectivity index (χ1v) is 7.45. The lowest BCUT2D eigenvalue weighted by atomic mass is 10.2. The van der Waals surface area contributed by atoms with E-state index in [-0.39, 0.29) is 12.5 Å². The number of rotatable bonds is 4. The minimum Gasteiger partial charge on any atom is -0.462 e. The van der Waals surface area contributed by atoms with Gasteiger partial charge in [0.15, 0.2) is 4.67 Å². The summed E-state index contributed by atoms with van der Waals surface area (Å²) in [6, 6.07) is 3.24. The zero-order valence-corrected chi connectivity index (χ0v) is 13.3. The van der Waals surface area contributed by atoms with Crippen LogP contribution in [0.2, 0.25) is 0 Å². The molecular formula is C13H12BrNO4S. The molecule has 106 valence electrons. The van der Waals surface area contributed by atoms with Crippen LogP contribution in [0.4, 0.5) is 5.00 Å². The Kier molecular flexibility index (Phi) is 4.61. The smallest absolute Gasteiger partial charge is 0.341 e. The molecule has 0 aromatic carbocycles. The second-order valence-corrected chi connectivity index (χ2v) is 5.86. The SMILES string of the molecule is CCOC(=O)c1cc(C)sc1NC(=O)c1ccoc1Br. The number of carbonyl (C=O) groups excluding carboxylic acids is 2. The van der Waals surface area contributed by atoms with Crippen molar-refractivity contribution in [3.63, 3.8) is 0 Å². The second kappa shape index (κ2) is 6.23. The minimum atomic E-state index is -0.446. The van der Waals surface area contributed by atoms with E-state index in [2.05, 4.69) is 21.2 Å². The number of hydrogen-bond donors (Lipinski definition) is 1. The van der Waals surface area contributed by atoms with Crippen molar-refractivity contribution in [2.24, 2.45) is 0 Å². The predicted molar refractivity (Wildman–Crippen MR) is 79.4 cm³/mol. The molecule has 0 fully saturated rings. The van der Waals surface area contributed by atoms with E-state index >= 15 is 0 Å². The fourth-order valence-electron chi connectivity index (χ4n) is 1.59. The summed E-state index contributed by atoms with van der Waals surface area (Å²) in [5.74, 6) is -0.795. The molecule has 1 N–H and O–H groups in total. The molecule has 0 saturated heterocycles. The Bertz CT molecular complexity index is 647. The van der Waals surface area contributed by atoms with Gasteiger partial charge in [-0.25, -0.2) is 4.79 Å². The largest absolute Gasteiger partial charge is 0.462 e.